The second-order valence-corrected chi connectivity index (χ2v) is 10.6. The quantitative estimate of drug-likeness (QED) is 0.684. The predicted octanol–water partition coefficient (Wildman–Crippen LogP) is 3.83. The van der Waals surface area contributed by atoms with Gasteiger partial charge in [0.15, 0.2) is 0 Å². The van der Waals surface area contributed by atoms with E-state index in [4.69, 9.17) is 0 Å². The Kier molecular flexibility index (Phi) is 7.34. The standard InChI is InChI=1S/C20H29BrN2O3S/c21-18-9-7-16(8-10-18)15-27(25,26)23-13-11-17(12-14-23)20(24)22-19-5-3-1-2-4-6-19/h7-10,17,19H,1-6,11-15H2,(H,22,24). The molecule has 0 bridgehead atoms. The summed E-state index contributed by atoms with van der Waals surface area (Å²) in [7, 11) is -3.34. The number of hydrogen-bond donors (Lipinski definition) is 1. The number of carbonyl (C=O) groups is 1. The Balaban J connectivity index is 1.49. The Morgan fingerprint density at radius 2 is 1.59 bits per heavy atom. The summed E-state index contributed by atoms with van der Waals surface area (Å²) in [6, 6.07) is 7.67. The molecule has 3 rings (SSSR count). The van der Waals surface area contributed by atoms with Gasteiger partial charge in [0, 0.05) is 29.5 Å². The molecule has 2 aliphatic rings. The SMILES string of the molecule is O=C(NC1CCCCCC1)C1CCN(S(=O)(=O)Cc2ccc(Br)cc2)CC1. The van der Waals surface area contributed by atoms with E-state index in [1.807, 2.05) is 24.3 Å². The minimum atomic E-state index is -3.34. The first kappa shape index (κ1) is 20.8. The highest BCUT2D eigenvalue weighted by molar-refractivity contribution is 9.10. The van der Waals surface area contributed by atoms with Gasteiger partial charge in [0.05, 0.1) is 5.75 Å². The Hall–Kier alpha value is -0.920. The fraction of sp³-hybridized carbons (Fsp3) is 0.650. The molecule has 0 aromatic heterocycles. The van der Waals surface area contributed by atoms with E-state index in [-0.39, 0.29) is 17.6 Å². The van der Waals surface area contributed by atoms with Gasteiger partial charge in [0.2, 0.25) is 15.9 Å². The van der Waals surface area contributed by atoms with Crippen LogP contribution in [0.25, 0.3) is 0 Å². The minimum absolute atomic E-state index is 0.0131. The number of piperidine rings is 1. The molecule has 1 saturated heterocycles. The number of hydrogen-bond acceptors (Lipinski definition) is 3. The van der Waals surface area contributed by atoms with Gasteiger partial charge in [-0.3, -0.25) is 4.79 Å². The zero-order valence-corrected chi connectivity index (χ0v) is 18.1. The van der Waals surface area contributed by atoms with E-state index in [2.05, 4.69) is 21.2 Å². The van der Waals surface area contributed by atoms with Gasteiger partial charge >= 0.3 is 0 Å². The van der Waals surface area contributed by atoms with Crippen LogP contribution in [0.1, 0.15) is 56.9 Å². The summed E-state index contributed by atoms with van der Waals surface area (Å²) >= 11 is 3.36. The zero-order valence-electron chi connectivity index (χ0n) is 15.7. The van der Waals surface area contributed by atoms with Crippen LogP contribution < -0.4 is 5.32 Å². The number of benzene rings is 1. The molecule has 1 saturated carbocycles. The molecule has 1 N–H and O–H groups in total. The maximum absolute atomic E-state index is 12.7. The monoisotopic (exact) mass is 456 g/mol. The van der Waals surface area contributed by atoms with Crippen molar-refractivity contribution >= 4 is 31.9 Å². The number of rotatable bonds is 5. The van der Waals surface area contributed by atoms with Gasteiger partial charge in [-0.2, -0.15) is 0 Å². The number of sulfonamides is 1. The summed E-state index contributed by atoms with van der Waals surface area (Å²) in [6.45, 7) is 0.864. The summed E-state index contributed by atoms with van der Waals surface area (Å²) in [6.07, 6.45) is 8.28. The van der Waals surface area contributed by atoms with Crippen LogP contribution in [0.15, 0.2) is 28.7 Å². The van der Waals surface area contributed by atoms with Crippen LogP contribution in [0.5, 0.6) is 0 Å². The highest BCUT2D eigenvalue weighted by Crippen LogP contribution is 2.24. The van der Waals surface area contributed by atoms with E-state index in [1.165, 1.54) is 25.7 Å². The maximum atomic E-state index is 12.7. The molecule has 1 aromatic rings. The molecule has 1 aliphatic heterocycles. The Morgan fingerprint density at radius 1 is 1.00 bits per heavy atom. The lowest BCUT2D eigenvalue weighted by atomic mass is 9.96. The molecule has 7 heteroatoms. The summed E-state index contributed by atoms with van der Waals surface area (Å²) in [5, 5.41) is 3.22. The van der Waals surface area contributed by atoms with Crippen molar-refractivity contribution in [2.45, 2.75) is 63.2 Å². The molecule has 1 amide bonds. The van der Waals surface area contributed by atoms with E-state index in [0.717, 1.165) is 22.9 Å². The summed E-state index contributed by atoms with van der Waals surface area (Å²) in [4.78, 5) is 12.6. The van der Waals surface area contributed by atoms with E-state index < -0.39 is 10.0 Å². The highest BCUT2D eigenvalue weighted by atomic mass is 79.9. The number of amides is 1. The van der Waals surface area contributed by atoms with Crippen LogP contribution in [0.3, 0.4) is 0 Å². The first-order valence-corrected chi connectivity index (χ1v) is 12.4. The van der Waals surface area contributed by atoms with Gasteiger partial charge in [-0.1, -0.05) is 53.7 Å². The number of halogens is 1. The largest absolute Gasteiger partial charge is 0.353 e. The average molecular weight is 457 g/mol. The molecule has 27 heavy (non-hydrogen) atoms. The Bertz CT molecular complexity index is 720. The van der Waals surface area contributed by atoms with Gasteiger partial charge in [-0.05, 0) is 43.4 Å². The molecule has 150 valence electrons. The predicted molar refractivity (Wildman–Crippen MR) is 111 cm³/mol. The van der Waals surface area contributed by atoms with Crippen LogP contribution in [0.2, 0.25) is 0 Å². The minimum Gasteiger partial charge on any atom is -0.353 e. The lowest BCUT2D eigenvalue weighted by molar-refractivity contribution is -0.126. The maximum Gasteiger partial charge on any atom is 0.223 e. The molecular formula is C20H29BrN2O3S. The van der Waals surface area contributed by atoms with Crippen molar-refractivity contribution in [1.29, 1.82) is 0 Å². The van der Waals surface area contributed by atoms with Gasteiger partial charge < -0.3 is 5.32 Å². The summed E-state index contributed by atoms with van der Waals surface area (Å²) in [5.41, 5.74) is 0.784. The van der Waals surface area contributed by atoms with Crippen LogP contribution in [-0.4, -0.2) is 37.8 Å². The average Bonchev–Trinajstić information content (AvgIpc) is 2.92. The number of nitrogens with one attached hydrogen (secondary N) is 1. The smallest absolute Gasteiger partial charge is 0.223 e. The van der Waals surface area contributed by atoms with Crippen LogP contribution in [-0.2, 0) is 20.6 Å². The zero-order chi connectivity index (χ0) is 19.3. The molecule has 0 atom stereocenters. The first-order valence-electron chi connectivity index (χ1n) is 9.97. The molecule has 0 unspecified atom stereocenters. The van der Waals surface area contributed by atoms with E-state index in [9.17, 15) is 13.2 Å². The van der Waals surface area contributed by atoms with Gasteiger partial charge in [-0.25, -0.2) is 12.7 Å². The van der Waals surface area contributed by atoms with Crippen LogP contribution >= 0.6 is 15.9 Å². The normalized spacial score (nSPS) is 20.9. The highest BCUT2D eigenvalue weighted by Gasteiger charge is 2.31. The summed E-state index contributed by atoms with van der Waals surface area (Å²) in [5.74, 6) is 0.0680. The first-order chi connectivity index (χ1) is 12.9. The number of carbonyl (C=O) groups excluding carboxylic acids is 1. The Morgan fingerprint density at radius 3 is 2.19 bits per heavy atom. The second kappa shape index (κ2) is 9.52. The molecular weight excluding hydrogens is 428 g/mol. The van der Waals surface area contributed by atoms with Gasteiger partial charge in [-0.15, -0.1) is 0 Å². The molecule has 5 nitrogen and oxygen atoms in total. The van der Waals surface area contributed by atoms with Crippen molar-refractivity contribution in [3.05, 3.63) is 34.3 Å². The molecule has 1 heterocycles. The van der Waals surface area contributed by atoms with Crippen molar-refractivity contribution < 1.29 is 13.2 Å². The number of nitrogens with zero attached hydrogens (tertiary/aromatic N) is 1. The van der Waals surface area contributed by atoms with Gasteiger partial charge in [0.25, 0.3) is 0 Å². The van der Waals surface area contributed by atoms with Crippen molar-refractivity contribution in [1.82, 2.24) is 9.62 Å². The molecule has 0 spiro atoms. The van der Waals surface area contributed by atoms with Gasteiger partial charge in [0.1, 0.15) is 0 Å². The van der Waals surface area contributed by atoms with E-state index >= 15 is 0 Å². The topological polar surface area (TPSA) is 66.5 Å². The van der Waals surface area contributed by atoms with Crippen molar-refractivity contribution in [2.24, 2.45) is 5.92 Å². The van der Waals surface area contributed by atoms with Crippen molar-refractivity contribution in [2.75, 3.05) is 13.1 Å². The van der Waals surface area contributed by atoms with Crippen LogP contribution in [0.4, 0.5) is 0 Å². The van der Waals surface area contributed by atoms with Crippen molar-refractivity contribution in [3.63, 3.8) is 0 Å². The van der Waals surface area contributed by atoms with E-state index in [0.29, 0.717) is 32.0 Å². The van der Waals surface area contributed by atoms with Crippen molar-refractivity contribution in [3.8, 4) is 0 Å². The fourth-order valence-corrected chi connectivity index (χ4v) is 5.85. The molecule has 1 aliphatic carbocycles. The second-order valence-electron chi connectivity index (χ2n) is 7.75. The third-order valence-corrected chi connectivity index (χ3v) is 8.06. The lowest BCUT2D eigenvalue weighted by Crippen LogP contribution is -2.45. The fourth-order valence-electron chi connectivity index (χ4n) is 4.02. The third-order valence-electron chi connectivity index (χ3n) is 5.68. The summed E-state index contributed by atoms with van der Waals surface area (Å²) < 4.78 is 27.9. The van der Waals surface area contributed by atoms with Crippen LogP contribution in [0, 0.1) is 5.92 Å². The molecule has 2 fully saturated rings. The molecule has 0 radical (unpaired) electrons. The Labute approximate surface area is 171 Å². The van der Waals surface area contributed by atoms with E-state index in [1.54, 1.807) is 4.31 Å². The lowest BCUT2D eigenvalue weighted by Gasteiger charge is -2.31. The molecule has 1 aromatic carbocycles. The third kappa shape index (κ3) is 6.03.